The first-order valence-corrected chi connectivity index (χ1v) is 5.61. The molecule has 102 valence electrons. The second kappa shape index (κ2) is 11.8. The normalized spacial score (nSPS) is 9.56. The second-order valence-electron chi connectivity index (χ2n) is 3.28. The Hall–Kier alpha value is -1.66. The highest BCUT2D eigenvalue weighted by Gasteiger charge is 1.97. The van der Waals surface area contributed by atoms with Crippen LogP contribution in [-0.2, 0) is 19.1 Å². The van der Waals surface area contributed by atoms with E-state index in [0.717, 1.165) is 0 Å². The van der Waals surface area contributed by atoms with Gasteiger partial charge in [-0.05, 0) is 12.4 Å². The van der Waals surface area contributed by atoms with Crippen molar-refractivity contribution >= 4 is 12.8 Å². The molecule has 0 aromatic carbocycles. The molecule has 0 aliphatic rings. The highest BCUT2D eigenvalue weighted by molar-refractivity contribution is 5.48. The maximum Gasteiger partial charge on any atom is 0.213 e. The zero-order valence-corrected chi connectivity index (χ0v) is 10.5. The number of hydrogen-bond donors (Lipinski definition) is 0. The predicted octanol–water partition coefficient (Wildman–Crippen LogP) is 0.223. The molecule has 2 amide bonds. The fraction of sp³-hybridized carbons (Fsp3) is 0.500. The molecule has 6 heteroatoms. The van der Waals surface area contributed by atoms with Crippen molar-refractivity contribution in [2.24, 2.45) is 0 Å². The standard InChI is InChI=1S/C12H20N2O4/c1-3-13(11-15)5-7-17-9-10-18-8-6-14(4-2)12-16/h3-4,11-12H,1-2,5-10H2. The molecule has 0 aromatic heterocycles. The van der Waals surface area contributed by atoms with Crippen LogP contribution in [0, 0.1) is 0 Å². The van der Waals surface area contributed by atoms with Crippen LogP contribution >= 0.6 is 0 Å². The summed E-state index contributed by atoms with van der Waals surface area (Å²) in [5.74, 6) is 0. The van der Waals surface area contributed by atoms with Gasteiger partial charge in [0.1, 0.15) is 0 Å². The van der Waals surface area contributed by atoms with E-state index in [9.17, 15) is 9.59 Å². The minimum absolute atomic E-state index is 0.432. The Labute approximate surface area is 107 Å². The smallest absolute Gasteiger partial charge is 0.213 e. The summed E-state index contributed by atoms with van der Waals surface area (Å²) in [6, 6.07) is 0. The van der Waals surface area contributed by atoms with Gasteiger partial charge < -0.3 is 19.3 Å². The molecule has 0 unspecified atom stereocenters. The van der Waals surface area contributed by atoms with E-state index in [2.05, 4.69) is 13.2 Å². The monoisotopic (exact) mass is 256 g/mol. The molecule has 0 heterocycles. The van der Waals surface area contributed by atoms with Gasteiger partial charge in [0.05, 0.1) is 26.4 Å². The summed E-state index contributed by atoms with van der Waals surface area (Å²) in [4.78, 5) is 23.6. The molecule has 6 nitrogen and oxygen atoms in total. The van der Waals surface area contributed by atoms with Gasteiger partial charge in [-0.2, -0.15) is 0 Å². The third kappa shape index (κ3) is 8.49. The van der Waals surface area contributed by atoms with Crippen molar-refractivity contribution in [3.8, 4) is 0 Å². The number of carbonyl (C=O) groups is 2. The first-order chi connectivity index (χ1) is 8.78. The van der Waals surface area contributed by atoms with Crippen LogP contribution in [0.25, 0.3) is 0 Å². The van der Waals surface area contributed by atoms with E-state index in [1.165, 1.54) is 22.2 Å². The molecular formula is C12H20N2O4. The lowest BCUT2D eigenvalue weighted by atomic mass is 10.6. The summed E-state index contributed by atoms with van der Waals surface area (Å²) in [5, 5.41) is 0. The van der Waals surface area contributed by atoms with Gasteiger partial charge >= 0.3 is 0 Å². The summed E-state index contributed by atoms with van der Waals surface area (Å²) >= 11 is 0. The van der Waals surface area contributed by atoms with Gasteiger partial charge in [0.15, 0.2) is 0 Å². The number of rotatable bonds is 13. The average molecular weight is 256 g/mol. The molecule has 0 saturated carbocycles. The molecule has 0 saturated heterocycles. The number of hydrogen-bond acceptors (Lipinski definition) is 4. The molecule has 0 bridgehead atoms. The Morgan fingerprint density at radius 3 is 1.44 bits per heavy atom. The van der Waals surface area contributed by atoms with E-state index < -0.39 is 0 Å². The summed E-state index contributed by atoms with van der Waals surface area (Å²) in [5.41, 5.74) is 0. The van der Waals surface area contributed by atoms with Crippen molar-refractivity contribution in [2.45, 2.75) is 0 Å². The third-order valence-electron chi connectivity index (χ3n) is 2.10. The predicted molar refractivity (Wildman–Crippen MR) is 67.6 cm³/mol. The van der Waals surface area contributed by atoms with Crippen LogP contribution in [0.1, 0.15) is 0 Å². The number of ether oxygens (including phenoxy) is 2. The summed E-state index contributed by atoms with van der Waals surface area (Å²) in [6.07, 6.45) is 4.26. The van der Waals surface area contributed by atoms with Gasteiger partial charge in [-0.3, -0.25) is 9.59 Å². The Morgan fingerprint density at radius 1 is 0.778 bits per heavy atom. The first-order valence-electron chi connectivity index (χ1n) is 5.61. The van der Waals surface area contributed by atoms with Crippen LogP contribution in [0.3, 0.4) is 0 Å². The maximum atomic E-state index is 10.4. The van der Waals surface area contributed by atoms with Crippen molar-refractivity contribution in [1.82, 2.24) is 9.80 Å². The minimum atomic E-state index is 0.432. The van der Waals surface area contributed by atoms with Crippen molar-refractivity contribution in [2.75, 3.05) is 39.5 Å². The van der Waals surface area contributed by atoms with Gasteiger partial charge in [-0.1, -0.05) is 13.2 Å². The van der Waals surface area contributed by atoms with Crippen molar-refractivity contribution in [3.63, 3.8) is 0 Å². The minimum Gasteiger partial charge on any atom is -0.377 e. The SMILES string of the molecule is C=CN(C=O)CCOCCOCCN(C=C)C=O. The van der Waals surface area contributed by atoms with Crippen LogP contribution in [0.15, 0.2) is 25.6 Å². The Balaban J connectivity index is 3.30. The molecule has 0 atom stereocenters. The van der Waals surface area contributed by atoms with Crippen molar-refractivity contribution < 1.29 is 19.1 Å². The first kappa shape index (κ1) is 16.3. The van der Waals surface area contributed by atoms with Gasteiger partial charge in [-0.25, -0.2) is 0 Å². The fourth-order valence-electron chi connectivity index (χ4n) is 1.04. The summed E-state index contributed by atoms with van der Waals surface area (Å²) < 4.78 is 10.5. The van der Waals surface area contributed by atoms with Crippen LogP contribution in [0.2, 0.25) is 0 Å². The Morgan fingerprint density at radius 2 is 1.17 bits per heavy atom. The largest absolute Gasteiger partial charge is 0.377 e. The lowest BCUT2D eigenvalue weighted by Crippen LogP contribution is -2.22. The van der Waals surface area contributed by atoms with Gasteiger partial charge in [0.25, 0.3) is 0 Å². The molecule has 0 fully saturated rings. The van der Waals surface area contributed by atoms with Crippen molar-refractivity contribution in [1.29, 1.82) is 0 Å². The number of amides is 2. The van der Waals surface area contributed by atoms with Crippen LogP contribution in [0.4, 0.5) is 0 Å². The lowest BCUT2D eigenvalue weighted by Gasteiger charge is -2.13. The van der Waals surface area contributed by atoms with E-state index in [4.69, 9.17) is 9.47 Å². The number of carbonyl (C=O) groups excluding carboxylic acids is 2. The molecule has 0 rings (SSSR count). The average Bonchev–Trinajstić information content (AvgIpc) is 2.41. The summed E-state index contributed by atoms with van der Waals surface area (Å²) in [6.45, 7) is 9.65. The van der Waals surface area contributed by atoms with Gasteiger partial charge in [0, 0.05) is 13.1 Å². The maximum absolute atomic E-state index is 10.4. The van der Waals surface area contributed by atoms with Crippen LogP contribution in [-0.4, -0.2) is 62.1 Å². The van der Waals surface area contributed by atoms with Crippen LogP contribution in [0.5, 0.6) is 0 Å². The molecule has 0 N–H and O–H groups in total. The molecular weight excluding hydrogens is 236 g/mol. The van der Waals surface area contributed by atoms with E-state index in [1.807, 2.05) is 0 Å². The quantitative estimate of drug-likeness (QED) is 0.349. The van der Waals surface area contributed by atoms with E-state index in [1.54, 1.807) is 0 Å². The molecule has 0 aliphatic heterocycles. The van der Waals surface area contributed by atoms with E-state index in [0.29, 0.717) is 52.3 Å². The van der Waals surface area contributed by atoms with Crippen molar-refractivity contribution in [3.05, 3.63) is 25.6 Å². The Bertz CT molecular complexity index is 216. The third-order valence-corrected chi connectivity index (χ3v) is 2.10. The summed E-state index contributed by atoms with van der Waals surface area (Å²) in [7, 11) is 0. The highest BCUT2D eigenvalue weighted by Crippen LogP contribution is 1.86. The van der Waals surface area contributed by atoms with Gasteiger partial charge in [0.2, 0.25) is 12.8 Å². The molecule has 0 radical (unpaired) electrons. The number of nitrogens with zero attached hydrogens (tertiary/aromatic N) is 2. The molecule has 0 aliphatic carbocycles. The van der Waals surface area contributed by atoms with E-state index >= 15 is 0 Å². The topological polar surface area (TPSA) is 59.1 Å². The lowest BCUT2D eigenvalue weighted by molar-refractivity contribution is -0.117. The molecule has 0 aromatic rings. The van der Waals surface area contributed by atoms with Gasteiger partial charge in [-0.15, -0.1) is 0 Å². The second-order valence-corrected chi connectivity index (χ2v) is 3.28. The Kier molecular flexibility index (Phi) is 10.7. The zero-order chi connectivity index (χ0) is 13.6. The highest BCUT2D eigenvalue weighted by atomic mass is 16.5. The zero-order valence-electron chi connectivity index (χ0n) is 10.5. The van der Waals surface area contributed by atoms with Crippen LogP contribution < -0.4 is 0 Å². The molecule has 0 spiro atoms. The molecule has 18 heavy (non-hydrogen) atoms. The fourth-order valence-corrected chi connectivity index (χ4v) is 1.04. The van der Waals surface area contributed by atoms with E-state index in [-0.39, 0.29) is 0 Å².